The van der Waals surface area contributed by atoms with Crippen LogP contribution in [0.3, 0.4) is 0 Å². The first-order valence-corrected chi connectivity index (χ1v) is 6.57. The summed E-state index contributed by atoms with van der Waals surface area (Å²) in [5, 5.41) is 20.2. The summed E-state index contributed by atoms with van der Waals surface area (Å²) in [6, 6.07) is -1.07. The number of Topliss-reactive ketones (excluding diaryl/α,β-unsaturated/α-hetero) is 1. The first-order chi connectivity index (χ1) is 8.92. The lowest BCUT2D eigenvalue weighted by molar-refractivity contribution is -0.143. The second-order valence-electron chi connectivity index (χ2n) is 4.64. The average molecular weight is 273 g/mol. The molecule has 0 aliphatic carbocycles. The number of hydrogen-bond acceptors (Lipinski definition) is 4. The van der Waals surface area contributed by atoms with Gasteiger partial charge >= 0.3 is 5.97 Å². The quantitative estimate of drug-likeness (QED) is 0.509. The Morgan fingerprint density at radius 1 is 1.16 bits per heavy atom. The van der Waals surface area contributed by atoms with Crippen LogP contribution in [0.2, 0.25) is 0 Å². The summed E-state index contributed by atoms with van der Waals surface area (Å²) >= 11 is 0. The summed E-state index contributed by atoms with van der Waals surface area (Å²) in [4.78, 5) is 33.5. The van der Waals surface area contributed by atoms with Crippen LogP contribution in [0.5, 0.6) is 0 Å². The molecule has 0 saturated heterocycles. The van der Waals surface area contributed by atoms with Crippen molar-refractivity contribution in [3.05, 3.63) is 0 Å². The summed E-state index contributed by atoms with van der Waals surface area (Å²) in [5.41, 5.74) is 0. The average Bonchev–Trinajstić information content (AvgIpc) is 2.39. The minimum Gasteiger partial charge on any atom is -0.480 e. The fourth-order valence-corrected chi connectivity index (χ4v) is 1.58. The van der Waals surface area contributed by atoms with Crippen molar-refractivity contribution in [3.63, 3.8) is 0 Å². The van der Waals surface area contributed by atoms with Gasteiger partial charge in [-0.15, -0.1) is 0 Å². The first kappa shape index (κ1) is 17.6. The molecule has 19 heavy (non-hydrogen) atoms. The molecule has 0 aromatic heterocycles. The molecule has 6 heteroatoms. The number of unbranched alkanes of at least 4 members (excludes halogenated alkanes) is 1. The fourth-order valence-electron chi connectivity index (χ4n) is 1.58. The predicted octanol–water partition coefficient (Wildman–Crippen LogP) is 0.724. The van der Waals surface area contributed by atoms with E-state index in [1.807, 2.05) is 0 Å². The first-order valence-electron chi connectivity index (χ1n) is 6.57. The summed E-state index contributed by atoms with van der Waals surface area (Å²) < 4.78 is 0. The van der Waals surface area contributed by atoms with Crippen molar-refractivity contribution in [3.8, 4) is 0 Å². The van der Waals surface area contributed by atoms with E-state index in [1.165, 1.54) is 0 Å². The van der Waals surface area contributed by atoms with Gasteiger partial charge in [0.1, 0.15) is 11.8 Å². The number of aliphatic hydroxyl groups is 1. The number of rotatable bonds is 10. The predicted molar refractivity (Wildman–Crippen MR) is 69.6 cm³/mol. The van der Waals surface area contributed by atoms with Gasteiger partial charge in [0.15, 0.2) is 0 Å². The number of ketones is 1. The zero-order valence-corrected chi connectivity index (χ0v) is 11.5. The van der Waals surface area contributed by atoms with E-state index in [9.17, 15) is 14.4 Å². The number of carbonyl (C=O) groups is 3. The van der Waals surface area contributed by atoms with Crippen molar-refractivity contribution in [2.75, 3.05) is 6.61 Å². The Morgan fingerprint density at radius 3 is 2.21 bits per heavy atom. The summed E-state index contributed by atoms with van der Waals surface area (Å²) in [6.07, 6.45) is 2.34. The molecule has 0 aromatic rings. The zero-order valence-electron chi connectivity index (χ0n) is 11.5. The highest BCUT2D eigenvalue weighted by Gasteiger charge is 2.25. The Labute approximate surface area is 113 Å². The number of aliphatic carboxylic acids is 1. The number of aliphatic hydroxyl groups excluding tert-OH is 1. The van der Waals surface area contributed by atoms with Crippen LogP contribution in [0.25, 0.3) is 0 Å². The van der Waals surface area contributed by atoms with Crippen LogP contribution in [-0.4, -0.2) is 40.5 Å². The second kappa shape index (κ2) is 9.49. The summed E-state index contributed by atoms with van der Waals surface area (Å²) in [7, 11) is 0. The van der Waals surface area contributed by atoms with Crippen LogP contribution in [0, 0.1) is 5.92 Å². The number of carboxylic acid groups (broad SMARTS) is 1. The highest BCUT2D eigenvalue weighted by atomic mass is 16.4. The Hall–Kier alpha value is -1.43. The van der Waals surface area contributed by atoms with Crippen LogP contribution < -0.4 is 5.32 Å². The van der Waals surface area contributed by atoms with Gasteiger partial charge in [0.25, 0.3) is 0 Å². The molecule has 0 aliphatic heterocycles. The lowest BCUT2D eigenvalue weighted by Crippen LogP contribution is -2.46. The highest BCUT2D eigenvalue weighted by molar-refractivity contribution is 5.83. The zero-order chi connectivity index (χ0) is 14.8. The van der Waals surface area contributed by atoms with Gasteiger partial charge in [-0.1, -0.05) is 13.8 Å². The third kappa shape index (κ3) is 7.56. The number of hydrogen-bond donors (Lipinski definition) is 3. The smallest absolute Gasteiger partial charge is 0.326 e. The lowest BCUT2D eigenvalue weighted by atomic mass is 10.0. The molecule has 1 amide bonds. The number of carboxylic acids is 1. The minimum atomic E-state index is -1.16. The summed E-state index contributed by atoms with van der Waals surface area (Å²) in [5.74, 6) is -1.89. The SMILES string of the molecule is CCC(=O)CCCCC(=O)N[C@H](C(=O)O)[C@H](C)CO. The molecule has 0 bridgehead atoms. The van der Waals surface area contributed by atoms with Gasteiger partial charge in [-0.05, 0) is 12.8 Å². The Morgan fingerprint density at radius 2 is 1.74 bits per heavy atom. The van der Waals surface area contributed by atoms with Crippen LogP contribution in [0.15, 0.2) is 0 Å². The third-order valence-corrected chi connectivity index (χ3v) is 2.94. The van der Waals surface area contributed by atoms with Crippen LogP contribution in [0.4, 0.5) is 0 Å². The van der Waals surface area contributed by atoms with E-state index in [-0.39, 0.29) is 24.7 Å². The van der Waals surface area contributed by atoms with Crippen molar-refractivity contribution in [2.24, 2.45) is 5.92 Å². The maximum absolute atomic E-state index is 11.6. The molecule has 110 valence electrons. The Kier molecular flexibility index (Phi) is 8.78. The van der Waals surface area contributed by atoms with Crippen LogP contribution in [-0.2, 0) is 14.4 Å². The van der Waals surface area contributed by atoms with Gasteiger partial charge in [0, 0.05) is 31.8 Å². The monoisotopic (exact) mass is 273 g/mol. The van der Waals surface area contributed by atoms with Gasteiger partial charge in [0.05, 0.1) is 0 Å². The topological polar surface area (TPSA) is 104 Å². The largest absolute Gasteiger partial charge is 0.480 e. The van der Waals surface area contributed by atoms with Crippen molar-refractivity contribution in [2.45, 2.75) is 52.0 Å². The van der Waals surface area contributed by atoms with E-state index in [4.69, 9.17) is 10.2 Å². The van der Waals surface area contributed by atoms with E-state index >= 15 is 0 Å². The lowest BCUT2D eigenvalue weighted by Gasteiger charge is -2.19. The Bertz CT molecular complexity index is 316. The number of carbonyl (C=O) groups excluding carboxylic acids is 2. The third-order valence-electron chi connectivity index (χ3n) is 2.94. The van der Waals surface area contributed by atoms with Gasteiger partial charge in [-0.25, -0.2) is 4.79 Å². The maximum Gasteiger partial charge on any atom is 0.326 e. The molecular formula is C13H23NO5. The van der Waals surface area contributed by atoms with E-state index in [0.717, 1.165) is 0 Å². The standard InChI is InChI=1S/C13H23NO5/c1-3-10(16)6-4-5-7-11(17)14-12(13(18)19)9(2)8-15/h9,12,15H,3-8H2,1-2H3,(H,14,17)(H,18,19)/t9-,12+/m1/s1. The van der Waals surface area contributed by atoms with Crippen LogP contribution in [0.1, 0.15) is 46.0 Å². The van der Waals surface area contributed by atoms with Gasteiger partial charge in [-0.2, -0.15) is 0 Å². The highest BCUT2D eigenvalue weighted by Crippen LogP contribution is 2.06. The second-order valence-corrected chi connectivity index (χ2v) is 4.64. The molecule has 0 saturated carbocycles. The normalized spacial score (nSPS) is 13.6. The molecule has 3 N–H and O–H groups in total. The molecule has 0 aromatic carbocycles. The summed E-state index contributed by atoms with van der Waals surface area (Å²) in [6.45, 7) is 3.05. The van der Waals surface area contributed by atoms with Gasteiger partial charge < -0.3 is 15.5 Å². The molecule has 0 fully saturated rings. The number of nitrogens with one attached hydrogen (secondary N) is 1. The van der Waals surface area contributed by atoms with Crippen molar-refractivity contribution in [1.29, 1.82) is 0 Å². The fraction of sp³-hybridized carbons (Fsp3) is 0.769. The maximum atomic E-state index is 11.6. The molecular weight excluding hydrogens is 250 g/mol. The molecule has 0 aliphatic rings. The van der Waals surface area contributed by atoms with E-state index in [1.54, 1.807) is 13.8 Å². The Balaban J connectivity index is 4.01. The van der Waals surface area contributed by atoms with Crippen molar-refractivity contribution >= 4 is 17.7 Å². The van der Waals surface area contributed by atoms with Crippen molar-refractivity contribution < 1.29 is 24.6 Å². The van der Waals surface area contributed by atoms with E-state index < -0.39 is 17.9 Å². The molecule has 0 rings (SSSR count). The van der Waals surface area contributed by atoms with Crippen molar-refractivity contribution in [1.82, 2.24) is 5.32 Å². The molecule has 0 heterocycles. The molecule has 2 atom stereocenters. The molecule has 0 unspecified atom stereocenters. The van der Waals surface area contributed by atoms with Crippen LogP contribution >= 0.6 is 0 Å². The minimum absolute atomic E-state index is 0.165. The molecule has 0 spiro atoms. The van der Waals surface area contributed by atoms with E-state index in [2.05, 4.69) is 5.32 Å². The van der Waals surface area contributed by atoms with E-state index in [0.29, 0.717) is 25.7 Å². The molecule has 0 radical (unpaired) electrons. The molecule has 6 nitrogen and oxygen atoms in total. The van der Waals surface area contributed by atoms with Gasteiger partial charge in [0.2, 0.25) is 5.91 Å². The van der Waals surface area contributed by atoms with Gasteiger partial charge in [-0.3, -0.25) is 9.59 Å². The number of amides is 1.